The molecule has 1 heterocycles. The number of alkyl halides is 3. The van der Waals surface area contributed by atoms with Crippen LogP contribution in [0.25, 0.3) is 11.5 Å². The second-order valence-corrected chi connectivity index (χ2v) is 11.9. The fourth-order valence-electron chi connectivity index (χ4n) is 4.56. The third-order valence-corrected chi connectivity index (χ3v) is 8.46. The Morgan fingerprint density at radius 2 is 1.71 bits per heavy atom. The first-order valence-electron chi connectivity index (χ1n) is 12.4. The van der Waals surface area contributed by atoms with E-state index >= 15 is 0 Å². The van der Waals surface area contributed by atoms with Gasteiger partial charge in [-0.1, -0.05) is 52.6 Å². The Balaban J connectivity index is 1.30. The molecule has 1 aromatic heterocycles. The molecular formula is C28H22Cl2F3N3O4S. The summed E-state index contributed by atoms with van der Waals surface area (Å²) in [5.74, 6) is 0.0796. The number of aromatic nitrogens is 2. The normalized spacial score (nSPS) is 15.8. The number of amides is 1. The van der Waals surface area contributed by atoms with Gasteiger partial charge in [0, 0.05) is 26.9 Å². The topological polar surface area (TPSA) is 105 Å². The molecule has 0 saturated heterocycles. The minimum absolute atomic E-state index is 0.0629. The fraction of sp³-hybridized carbons (Fsp3) is 0.250. The molecule has 2 unspecified atom stereocenters. The predicted molar refractivity (Wildman–Crippen MR) is 149 cm³/mol. The zero-order chi connectivity index (χ0) is 29.5. The zero-order valence-corrected chi connectivity index (χ0v) is 23.7. The molecule has 0 aliphatic heterocycles. The van der Waals surface area contributed by atoms with Crippen LogP contribution in [0.2, 0.25) is 10.0 Å². The van der Waals surface area contributed by atoms with Gasteiger partial charge in [0.1, 0.15) is 0 Å². The van der Waals surface area contributed by atoms with E-state index in [1.807, 2.05) is 0 Å². The lowest BCUT2D eigenvalue weighted by Crippen LogP contribution is -2.16. The maximum atomic E-state index is 12.9. The van der Waals surface area contributed by atoms with E-state index in [0.29, 0.717) is 56.7 Å². The molecule has 5 rings (SSSR count). The van der Waals surface area contributed by atoms with Crippen LogP contribution in [0.3, 0.4) is 0 Å². The Kier molecular flexibility index (Phi) is 7.99. The highest BCUT2D eigenvalue weighted by molar-refractivity contribution is 7.79. The smallest absolute Gasteiger partial charge is 0.334 e. The van der Waals surface area contributed by atoms with Crippen LogP contribution in [0, 0.1) is 0 Å². The third-order valence-electron chi connectivity index (χ3n) is 6.98. The van der Waals surface area contributed by atoms with Crippen LogP contribution >= 0.6 is 23.2 Å². The van der Waals surface area contributed by atoms with E-state index < -0.39 is 33.5 Å². The molecule has 3 aromatic carbocycles. The summed E-state index contributed by atoms with van der Waals surface area (Å²) in [6.45, 7) is 1.64. The lowest BCUT2D eigenvalue weighted by atomic mass is 9.94. The van der Waals surface area contributed by atoms with Crippen molar-refractivity contribution >= 4 is 45.9 Å². The first kappa shape index (κ1) is 29.2. The molecule has 1 saturated carbocycles. The van der Waals surface area contributed by atoms with Gasteiger partial charge in [0.25, 0.3) is 5.89 Å². The SMILES string of the molecule is CC(c1ccc(CC(=O)Nc2cc(Cl)c(C3(c4noc(-c5ccc(C(F)(F)F)cc5)n4)CC3)c(Cl)c2)cc1)S(=O)O. The number of carbonyl (C=O) groups is 1. The Morgan fingerprint density at radius 3 is 2.24 bits per heavy atom. The first-order valence-corrected chi connectivity index (χ1v) is 14.3. The van der Waals surface area contributed by atoms with Gasteiger partial charge in [-0.15, -0.1) is 0 Å². The lowest BCUT2D eigenvalue weighted by molar-refractivity contribution is -0.137. The number of hydrogen-bond acceptors (Lipinski definition) is 5. The minimum atomic E-state index is -4.45. The van der Waals surface area contributed by atoms with E-state index in [9.17, 15) is 26.7 Å². The van der Waals surface area contributed by atoms with Crippen molar-refractivity contribution in [3.05, 3.63) is 98.8 Å². The highest BCUT2D eigenvalue weighted by Crippen LogP contribution is 2.57. The molecule has 13 heteroatoms. The summed E-state index contributed by atoms with van der Waals surface area (Å²) in [5.41, 5.74) is 1.21. The molecule has 0 radical (unpaired) electrons. The van der Waals surface area contributed by atoms with Gasteiger partial charge in [-0.25, -0.2) is 4.21 Å². The number of benzene rings is 3. The molecule has 7 nitrogen and oxygen atoms in total. The van der Waals surface area contributed by atoms with Gasteiger partial charge in [0.15, 0.2) is 16.9 Å². The van der Waals surface area contributed by atoms with Crippen molar-refractivity contribution in [1.82, 2.24) is 10.1 Å². The molecule has 1 amide bonds. The van der Waals surface area contributed by atoms with E-state index in [1.54, 1.807) is 43.3 Å². The van der Waals surface area contributed by atoms with Gasteiger partial charge < -0.3 is 14.4 Å². The summed E-state index contributed by atoms with van der Waals surface area (Å²) < 4.78 is 64.6. The number of carbonyl (C=O) groups excluding carboxylic acids is 1. The summed E-state index contributed by atoms with van der Waals surface area (Å²) in [6.07, 6.45) is -3.14. The molecule has 0 spiro atoms. The molecule has 1 aliphatic rings. The van der Waals surface area contributed by atoms with Crippen molar-refractivity contribution in [1.29, 1.82) is 0 Å². The van der Waals surface area contributed by atoms with Crippen LogP contribution < -0.4 is 5.32 Å². The summed E-state index contributed by atoms with van der Waals surface area (Å²) in [7, 11) is 0. The molecular weight excluding hydrogens is 602 g/mol. The largest absolute Gasteiger partial charge is 0.416 e. The quantitative estimate of drug-likeness (QED) is 0.196. The third kappa shape index (κ3) is 6.18. The second-order valence-electron chi connectivity index (χ2n) is 9.78. The minimum Gasteiger partial charge on any atom is -0.334 e. The highest BCUT2D eigenvalue weighted by atomic mass is 35.5. The maximum absolute atomic E-state index is 12.9. The monoisotopic (exact) mass is 623 g/mol. The fourth-order valence-corrected chi connectivity index (χ4v) is 5.80. The van der Waals surface area contributed by atoms with Crippen LogP contribution in [0.1, 0.15) is 53.1 Å². The average molecular weight is 624 g/mol. The van der Waals surface area contributed by atoms with Gasteiger partial charge in [-0.05, 0) is 67.3 Å². The van der Waals surface area contributed by atoms with Crippen molar-refractivity contribution in [2.24, 2.45) is 0 Å². The van der Waals surface area contributed by atoms with E-state index in [-0.39, 0.29) is 18.2 Å². The Morgan fingerprint density at radius 1 is 1.10 bits per heavy atom. The van der Waals surface area contributed by atoms with Crippen LogP contribution in [0.15, 0.2) is 65.2 Å². The molecule has 1 fully saturated rings. The van der Waals surface area contributed by atoms with E-state index in [4.69, 9.17) is 27.7 Å². The first-order chi connectivity index (χ1) is 19.4. The van der Waals surface area contributed by atoms with E-state index in [0.717, 1.165) is 12.1 Å². The maximum Gasteiger partial charge on any atom is 0.416 e. The van der Waals surface area contributed by atoms with Crippen molar-refractivity contribution in [3.8, 4) is 11.5 Å². The Labute approximate surface area is 245 Å². The number of anilines is 1. The molecule has 0 bridgehead atoms. The molecule has 1 aliphatic carbocycles. The molecule has 214 valence electrons. The van der Waals surface area contributed by atoms with Crippen molar-refractivity contribution in [2.75, 3.05) is 5.32 Å². The van der Waals surface area contributed by atoms with E-state index in [1.165, 1.54) is 12.1 Å². The number of nitrogens with zero attached hydrogens (tertiary/aromatic N) is 2. The highest BCUT2D eigenvalue weighted by Gasteiger charge is 2.52. The number of rotatable bonds is 8. The van der Waals surface area contributed by atoms with Gasteiger partial charge in [-0.2, -0.15) is 18.2 Å². The predicted octanol–water partition coefficient (Wildman–Crippen LogP) is 7.61. The van der Waals surface area contributed by atoms with Crippen molar-refractivity contribution in [2.45, 2.75) is 43.0 Å². The van der Waals surface area contributed by atoms with Gasteiger partial charge >= 0.3 is 6.18 Å². The standard InChI is InChI=1S/C28H22Cl2F3N3O4S/c1-15(41(38)39)17-4-2-16(3-5-17)12-23(37)34-20-13-21(29)24(22(30)14-20)27(10-11-27)26-35-25(40-36-26)18-6-8-19(9-7-18)28(31,32)33/h2-9,13-15H,10-12H2,1H3,(H,34,37)(H,38,39). The Bertz CT molecular complexity index is 1600. The lowest BCUT2D eigenvalue weighted by Gasteiger charge is -2.17. The Hall–Kier alpha value is -3.25. The van der Waals surface area contributed by atoms with Crippen LogP contribution in [-0.2, 0) is 33.9 Å². The number of halogens is 5. The second kappa shape index (κ2) is 11.2. The summed E-state index contributed by atoms with van der Waals surface area (Å²) in [5, 5.41) is 6.90. The summed E-state index contributed by atoms with van der Waals surface area (Å²) in [4.78, 5) is 17.1. The zero-order valence-electron chi connectivity index (χ0n) is 21.3. The number of hydrogen-bond donors (Lipinski definition) is 2. The van der Waals surface area contributed by atoms with Gasteiger partial charge in [0.2, 0.25) is 5.91 Å². The molecule has 2 N–H and O–H groups in total. The van der Waals surface area contributed by atoms with E-state index in [2.05, 4.69) is 15.5 Å². The van der Waals surface area contributed by atoms with Crippen LogP contribution in [0.4, 0.5) is 18.9 Å². The molecule has 41 heavy (non-hydrogen) atoms. The van der Waals surface area contributed by atoms with Crippen molar-refractivity contribution < 1.29 is 31.3 Å². The average Bonchev–Trinajstić information content (AvgIpc) is 3.53. The molecule has 4 aromatic rings. The van der Waals surface area contributed by atoms with Gasteiger partial charge in [0.05, 0.1) is 22.6 Å². The van der Waals surface area contributed by atoms with Crippen LogP contribution in [0.5, 0.6) is 0 Å². The number of nitrogens with one attached hydrogen (secondary N) is 1. The summed E-state index contributed by atoms with van der Waals surface area (Å²) >= 11 is 11.3. The van der Waals surface area contributed by atoms with Crippen LogP contribution in [-0.4, -0.2) is 24.8 Å². The molecule has 2 atom stereocenters. The van der Waals surface area contributed by atoms with Crippen molar-refractivity contribution in [3.63, 3.8) is 0 Å². The van der Waals surface area contributed by atoms with Gasteiger partial charge in [-0.3, -0.25) is 4.79 Å². The summed E-state index contributed by atoms with van der Waals surface area (Å²) in [6, 6.07) is 14.5.